The maximum atomic E-state index is 6.18. The van der Waals surface area contributed by atoms with Gasteiger partial charge in [0.1, 0.15) is 31.3 Å². The maximum Gasteiger partial charge on any atom is 0.119 e. The summed E-state index contributed by atoms with van der Waals surface area (Å²) < 4.78 is 24.4. The zero-order valence-corrected chi connectivity index (χ0v) is 29.9. The standard InChI is InChI=1S/C46H48N2O4/c1-2-39-24-41(39)6-4-3-5-23-47-27-34-11-17-40(18-12-34)42-25-43-32-49-28-35-13-19-45(20-14-35)51-30-37-7-8-38(10-9-37)31-52-46-21-15-36(16-22-46)29-50-33-44(26-42)48-43/h2,4,6-22,25-26,39,41,47H,1,3,5,23-24,27-33H2/p+1/b6-4-/t39-,41+/m1/s1. The molecule has 0 spiro atoms. The molecule has 266 valence electrons. The fourth-order valence-electron chi connectivity index (χ4n) is 6.42. The topological polar surface area (TPSA) is 66.4 Å². The Balaban J connectivity index is 0.995. The van der Waals surface area contributed by atoms with Gasteiger partial charge >= 0.3 is 0 Å². The van der Waals surface area contributed by atoms with E-state index in [-0.39, 0.29) is 0 Å². The minimum atomic E-state index is 0.397. The molecule has 6 nitrogen and oxygen atoms in total. The number of hydrogen-bond acceptors (Lipinski definition) is 5. The molecule has 0 amide bonds. The lowest BCUT2D eigenvalue weighted by Crippen LogP contribution is -2.82. The monoisotopic (exact) mass is 693 g/mol. The molecule has 5 aliphatic heterocycles. The molecule has 5 aromatic rings. The lowest BCUT2D eigenvalue weighted by molar-refractivity contribution is -0.670. The SMILES string of the molecule is C=C[C@@H]1C[C@@H]1/C=C\CCC[NH2+]Cc1ccc(-c2cc3nc(c2)COCc2ccc(cc2)OCc2ccc(cc2)COc2ccc(cc2)COC3)cc1. The van der Waals surface area contributed by atoms with E-state index in [0.29, 0.717) is 45.6 Å². The lowest BCUT2D eigenvalue weighted by Gasteiger charge is -2.12. The van der Waals surface area contributed by atoms with E-state index in [2.05, 4.69) is 115 Å². The summed E-state index contributed by atoms with van der Waals surface area (Å²) in [5, 5.41) is 2.40. The number of pyridine rings is 1. The summed E-state index contributed by atoms with van der Waals surface area (Å²) in [6.45, 7) is 8.77. The van der Waals surface area contributed by atoms with Crippen molar-refractivity contribution in [3.05, 3.63) is 173 Å². The average molecular weight is 694 g/mol. The molecule has 1 aliphatic carbocycles. The summed E-state index contributed by atoms with van der Waals surface area (Å²) in [5.74, 6) is 3.10. The van der Waals surface area contributed by atoms with Crippen molar-refractivity contribution in [1.82, 2.24) is 4.98 Å². The first kappa shape index (κ1) is 35.4. The molecule has 1 saturated carbocycles. The van der Waals surface area contributed by atoms with Gasteiger partial charge in [-0.3, -0.25) is 4.98 Å². The summed E-state index contributed by atoms with van der Waals surface area (Å²) in [6, 6.07) is 37.7. The highest BCUT2D eigenvalue weighted by atomic mass is 16.5. The molecule has 2 N–H and O–H groups in total. The highest BCUT2D eigenvalue weighted by molar-refractivity contribution is 5.64. The second kappa shape index (κ2) is 18.0. The fourth-order valence-corrected chi connectivity index (χ4v) is 6.42. The highest BCUT2D eigenvalue weighted by Gasteiger charge is 2.31. The minimum absolute atomic E-state index is 0.397. The molecule has 8 bridgehead atoms. The molecule has 2 atom stereocenters. The second-order valence-electron chi connectivity index (χ2n) is 13.9. The summed E-state index contributed by atoms with van der Waals surface area (Å²) in [4.78, 5) is 4.93. The Morgan fingerprint density at radius 3 is 1.69 bits per heavy atom. The largest absolute Gasteiger partial charge is 0.489 e. The van der Waals surface area contributed by atoms with Gasteiger partial charge in [0.15, 0.2) is 0 Å². The van der Waals surface area contributed by atoms with Gasteiger partial charge in [-0.25, -0.2) is 0 Å². The third-order valence-electron chi connectivity index (χ3n) is 9.67. The van der Waals surface area contributed by atoms with Gasteiger partial charge in [-0.15, -0.1) is 6.58 Å². The molecule has 6 heteroatoms. The van der Waals surface area contributed by atoms with Crippen molar-refractivity contribution in [1.29, 1.82) is 0 Å². The number of hydrogen-bond donors (Lipinski definition) is 1. The van der Waals surface area contributed by atoms with E-state index < -0.39 is 0 Å². The van der Waals surface area contributed by atoms with Crippen LogP contribution in [0.25, 0.3) is 11.1 Å². The van der Waals surface area contributed by atoms with Crippen LogP contribution in [0.1, 0.15) is 58.5 Å². The molecule has 6 heterocycles. The Morgan fingerprint density at radius 1 is 0.615 bits per heavy atom. The second-order valence-corrected chi connectivity index (χ2v) is 13.9. The highest BCUT2D eigenvalue weighted by Crippen LogP contribution is 2.40. The molecule has 6 aliphatic rings. The average Bonchev–Trinajstić information content (AvgIpc) is 3.96. The fraction of sp³-hybridized carbons (Fsp3) is 0.283. The zero-order valence-electron chi connectivity index (χ0n) is 29.9. The van der Waals surface area contributed by atoms with Crippen LogP contribution in [0.3, 0.4) is 0 Å². The van der Waals surface area contributed by atoms with Gasteiger partial charge < -0.3 is 24.3 Å². The Labute approximate surface area is 308 Å². The first-order valence-electron chi connectivity index (χ1n) is 18.5. The number of ether oxygens (including phenoxy) is 4. The van der Waals surface area contributed by atoms with Gasteiger partial charge in [0.05, 0.1) is 44.4 Å². The van der Waals surface area contributed by atoms with Crippen molar-refractivity contribution in [2.75, 3.05) is 6.54 Å². The predicted molar refractivity (Wildman–Crippen MR) is 205 cm³/mol. The lowest BCUT2D eigenvalue weighted by atomic mass is 10.0. The van der Waals surface area contributed by atoms with Crippen molar-refractivity contribution in [2.24, 2.45) is 11.8 Å². The number of benzene rings is 4. The number of allylic oxidation sites excluding steroid dienone is 3. The Bertz CT molecular complexity index is 1810. The molecular weight excluding hydrogens is 645 g/mol. The van der Waals surface area contributed by atoms with Crippen LogP contribution >= 0.6 is 0 Å². The van der Waals surface area contributed by atoms with E-state index in [1.165, 1.54) is 18.4 Å². The maximum absolute atomic E-state index is 6.18. The number of aromatic nitrogens is 1. The van der Waals surface area contributed by atoms with Crippen LogP contribution in [-0.4, -0.2) is 11.5 Å². The molecule has 4 aromatic carbocycles. The smallest absolute Gasteiger partial charge is 0.119 e. The van der Waals surface area contributed by atoms with Crippen LogP contribution in [0.2, 0.25) is 0 Å². The first-order chi connectivity index (χ1) is 25.7. The van der Waals surface area contributed by atoms with Crippen molar-refractivity contribution < 1.29 is 24.3 Å². The van der Waals surface area contributed by atoms with Gasteiger partial charge in [0, 0.05) is 5.56 Å². The van der Waals surface area contributed by atoms with E-state index in [9.17, 15) is 0 Å². The van der Waals surface area contributed by atoms with Crippen LogP contribution in [-0.2, 0) is 55.7 Å². The summed E-state index contributed by atoms with van der Waals surface area (Å²) in [5.41, 5.74) is 9.72. The van der Waals surface area contributed by atoms with E-state index in [1.54, 1.807) is 0 Å². The molecule has 1 fully saturated rings. The van der Waals surface area contributed by atoms with Gasteiger partial charge in [-0.2, -0.15) is 0 Å². The van der Waals surface area contributed by atoms with Crippen LogP contribution in [0.15, 0.2) is 134 Å². The number of rotatable bonds is 9. The summed E-state index contributed by atoms with van der Waals surface area (Å²) >= 11 is 0. The van der Waals surface area contributed by atoms with Gasteiger partial charge in [0.25, 0.3) is 0 Å². The van der Waals surface area contributed by atoms with Crippen LogP contribution in [0.4, 0.5) is 0 Å². The Kier molecular flexibility index (Phi) is 12.2. The third kappa shape index (κ3) is 10.5. The molecule has 0 radical (unpaired) electrons. The predicted octanol–water partition coefficient (Wildman–Crippen LogP) is 8.88. The van der Waals surface area contributed by atoms with Crippen LogP contribution < -0.4 is 14.8 Å². The van der Waals surface area contributed by atoms with E-state index in [4.69, 9.17) is 23.9 Å². The van der Waals surface area contributed by atoms with Gasteiger partial charge in [-0.1, -0.05) is 91.0 Å². The molecule has 0 saturated heterocycles. The van der Waals surface area contributed by atoms with Crippen molar-refractivity contribution >= 4 is 0 Å². The molecular formula is C46H49N2O4+. The Hall–Kier alpha value is -5.01. The normalized spacial score (nSPS) is 17.6. The van der Waals surface area contributed by atoms with E-state index >= 15 is 0 Å². The van der Waals surface area contributed by atoms with Gasteiger partial charge in [-0.05, 0) is 101 Å². The van der Waals surface area contributed by atoms with Gasteiger partial charge in [0.2, 0.25) is 0 Å². The first-order valence-corrected chi connectivity index (χ1v) is 18.5. The molecule has 0 unspecified atom stereocenters. The summed E-state index contributed by atoms with van der Waals surface area (Å²) in [6.07, 6.45) is 10.4. The number of nitrogens with zero attached hydrogens (tertiary/aromatic N) is 1. The van der Waals surface area contributed by atoms with Crippen molar-refractivity contribution in [3.63, 3.8) is 0 Å². The van der Waals surface area contributed by atoms with Crippen molar-refractivity contribution in [2.45, 2.75) is 65.4 Å². The number of unbranched alkanes of at least 4 members (excludes halogenated alkanes) is 1. The van der Waals surface area contributed by atoms with Crippen LogP contribution in [0.5, 0.6) is 11.5 Å². The third-order valence-corrected chi connectivity index (χ3v) is 9.67. The quantitative estimate of drug-likeness (QED) is 0.123. The van der Waals surface area contributed by atoms with E-state index in [1.807, 2.05) is 24.3 Å². The number of quaternary nitrogens is 1. The molecule has 1 aromatic heterocycles. The summed E-state index contributed by atoms with van der Waals surface area (Å²) in [7, 11) is 0. The number of fused-ring (bicyclic) bond motifs is 1. The zero-order chi connectivity index (χ0) is 35.4. The van der Waals surface area contributed by atoms with Crippen LogP contribution in [0, 0.1) is 11.8 Å². The Morgan fingerprint density at radius 2 is 1.15 bits per heavy atom. The number of nitrogens with two attached hydrogens (primary N) is 1. The molecule has 11 rings (SSSR count). The molecule has 52 heavy (non-hydrogen) atoms. The minimum Gasteiger partial charge on any atom is -0.489 e. The van der Waals surface area contributed by atoms with E-state index in [0.717, 1.165) is 81.7 Å². The van der Waals surface area contributed by atoms with Crippen molar-refractivity contribution in [3.8, 4) is 22.6 Å².